The molecule has 1 heterocycles. The molecule has 0 aliphatic carbocycles. The van der Waals surface area contributed by atoms with Gasteiger partial charge >= 0.3 is 5.97 Å². The van der Waals surface area contributed by atoms with Gasteiger partial charge in [0.05, 0.1) is 23.1 Å². The van der Waals surface area contributed by atoms with Crippen molar-refractivity contribution in [1.82, 2.24) is 9.97 Å². The summed E-state index contributed by atoms with van der Waals surface area (Å²) < 4.78 is 19.2. The first-order valence-electron chi connectivity index (χ1n) is 9.02. The van der Waals surface area contributed by atoms with Gasteiger partial charge < -0.3 is 4.74 Å². The second-order valence-corrected chi connectivity index (χ2v) is 6.23. The van der Waals surface area contributed by atoms with Crippen molar-refractivity contribution in [2.45, 2.75) is 33.1 Å². The number of esters is 1. The van der Waals surface area contributed by atoms with E-state index in [4.69, 9.17) is 4.74 Å². The number of hydrogen-bond acceptors (Lipinski definition) is 4. The molecule has 4 nitrogen and oxygen atoms in total. The molecule has 2 aromatic carbocycles. The van der Waals surface area contributed by atoms with Crippen LogP contribution in [0.3, 0.4) is 0 Å². The Kier molecular flexibility index (Phi) is 5.91. The van der Waals surface area contributed by atoms with E-state index in [1.54, 1.807) is 42.7 Å². The van der Waals surface area contributed by atoms with Crippen LogP contribution in [0.1, 0.15) is 41.9 Å². The van der Waals surface area contributed by atoms with Crippen LogP contribution in [0.5, 0.6) is 5.75 Å². The van der Waals surface area contributed by atoms with E-state index >= 15 is 0 Å². The Morgan fingerprint density at radius 2 is 1.81 bits per heavy atom. The van der Waals surface area contributed by atoms with Crippen molar-refractivity contribution in [3.63, 3.8) is 0 Å². The molecule has 0 unspecified atom stereocenters. The molecule has 138 valence electrons. The number of aromatic nitrogens is 2. The van der Waals surface area contributed by atoms with Gasteiger partial charge in [0.2, 0.25) is 0 Å². The normalized spacial score (nSPS) is 10.6. The second-order valence-electron chi connectivity index (χ2n) is 6.23. The summed E-state index contributed by atoms with van der Waals surface area (Å²) in [6.45, 7) is 4.03. The highest BCUT2D eigenvalue weighted by molar-refractivity contribution is 5.91. The van der Waals surface area contributed by atoms with E-state index in [-0.39, 0.29) is 5.75 Å². The maximum Gasteiger partial charge on any atom is 0.343 e. The third-order valence-electron chi connectivity index (χ3n) is 4.24. The fraction of sp³-hybridized carbons (Fsp3) is 0.227. The second kappa shape index (κ2) is 8.54. The van der Waals surface area contributed by atoms with Gasteiger partial charge in [-0.05, 0) is 42.7 Å². The van der Waals surface area contributed by atoms with Gasteiger partial charge in [-0.2, -0.15) is 0 Å². The summed E-state index contributed by atoms with van der Waals surface area (Å²) in [4.78, 5) is 21.1. The molecule has 0 atom stereocenters. The van der Waals surface area contributed by atoms with Crippen molar-refractivity contribution in [3.8, 4) is 17.0 Å². The van der Waals surface area contributed by atoms with E-state index in [0.717, 1.165) is 41.8 Å². The topological polar surface area (TPSA) is 52.1 Å². The van der Waals surface area contributed by atoms with Crippen LogP contribution < -0.4 is 4.74 Å². The predicted octanol–water partition coefficient (Wildman–Crippen LogP) is 5.02. The van der Waals surface area contributed by atoms with Crippen molar-refractivity contribution in [1.29, 1.82) is 0 Å². The number of benzene rings is 2. The Hall–Kier alpha value is -3.08. The minimum absolute atomic E-state index is 0.0707. The summed E-state index contributed by atoms with van der Waals surface area (Å²) in [5, 5.41) is 0. The molecule has 0 aliphatic rings. The molecule has 0 N–H and O–H groups in total. The number of aryl methyl sites for hydroxylation is 2. The smallest absolute Gasteiger partial charge is 0.343 e. The molecule has 0 radical (unpaired) electrons. The molecule has 0 amide bonds. The predicted molar refractivity (Wildman–Crippen MR) is 102 cm³/mol. The quantitative estimate of drug-likeness (QED) is 0.455. The lowest BCUT2D eigenvalue weighted by Gasteiger charge is -2.07. The van der Waals surface area contributed by atoms with Crippen LogP contribution in [0.15, 0.2) is 54.9 Å². The summed E-state index contributed by atoms with van der Waals surface area (Å²) in [7, 11) is 0. The molecule has 0 spiro atoms. The molecular formula is C22H21FN2O2. The maximum atomic E-state index is 14.0. The maximum absolute atomic E-state index is 14.0. The average molecular weight is 364 g/mol. The van der Waals surface area contributed by atoms with Gasteiger partial charge in [0.25, 0.3) is 0 Å². The lowest BCUT2D eigenvalue weighted by Crippen LogP contribution is -2.09. The molecule has 27 heavy (non-hydrogen) atoms. The van der Waals surface area contributed by atoms with E-state index in [0.29, 0.717) is 5.56 Å². The van der Waals surface area contributed by atoms with E-state index in [2.05, 4.69) is 16.9 Å². The number of hydrogen-bond donors (Lipinski definition) is 0. The van der Waals surface area contributed by atoms with Crippen molar-refractivity contribution in [3.05, 3.63) is 77.5 Å². The van der Waals surface area contributed by atoms with Gasteiger partial charge in [-0.25, -0.2) is 9.18 Å². The Bertz CT molecular complexity index is 922. The van der Waals surface area contributed by atoms with Gasteiger partial charge in [0.15, 0.2) is 11.6 Å². The van der Waals surface area contributed by atoms with Gasteiger partial charge in [0.1, 0.15) is 0 Å². The third-order valence-corrected chi connectivity index (χ3v) is 4.24. The number of nitrogens with zero attached hydrogens (tertiary/aromatic N) is 2. The number of rotatable bonds is 6. The SMILES string of the molecule is CCCc1cnc(-c2ccc(C(=O)Oc3ccc(CC)cc3F)cc2)cn1. The molecule has 0 saturated carbocycles. The molecule has 0 fully saturated rings. The Labute approximate surface area is 158 Å². The number of ether oxygens (including phenoxy) is 1. The number of carbonyl (C=O) groups excluding carboxylic acids is 1. The fourth-order valence-electron chi connectivity index (χ4n) is 2.67. The number of halogens is 1. The van der Waals surface area contributed by atoms with E-state index in [9.17, 15) is 9.18 Å². The highest BCUT2D eigenvalue weighted by Gasteiger charge is 2.13. The van der Waals surface area contributed by atoms with Crippen LogP contribution in [0, 0.1) is 5.82 Å². The fourth-order valence-corrected chi connectivity index (χ4v) is 2.67. The number of carbonyl (C=O) groups is 1. The summed E-state index contributed by atoms with van der Waals surface area (Å²) in [5.41, 5.74) is 3.73. The summed E-state index contributed by atoms with van der Waals surface area (Å²) in [5.74, 6) is -1.21. The van der Waals surface area contributed by atoms with Crippen molar-refractivity contribution in [2.75, 3.05) is 0 Å². The van der Waals surface area contributed by atoms with Gasteiger partial charge in [0, 0.05) is 11.8 Å². The van der Waals surface area contributed by atoms with Crippen LogP contribution in [-0.4, -0.2) is 15.9 Å². The Balaban J connectivity index is 1.72. The van der Waals surface area contributed by atoms with Crippen molar-refractivity contribution < 1.29 is 13.9 Å². The summed E-state index contributed by atoms with van der Waals surface area (Å²) in [6.07, 6.45) is 6.13. The van der Waals surface area contributed by atoms with Crippen LogP contribution in [0.4, 0.5) is 4.39 Å². The Morgan fingerprint density at radius 1 is 1.04 bits per heavy atom. The van der Waals surface area contributed by atoms with Crippen molar-refractivity contribution in [2.24, 2.45) is 0 Å². The first-order chi connectivity index (χ1) is 13.1. The molecule has 1 aromatic heterocycles. The molecule has 3 aromatic rings. The zero-order valence-electron chi connectivity index (χ0n) is 15.4. The highest BCUT2D eigenvalue weighted by Crippen LogP contribution is 2.21. The van der Waals surface area contributed by atoms with Gasteiger partial charge in [-0.3, -0.25) is 9.97 Å². The van der Waals surface area contributed by atoms with Gasteiger partial charge in [-0.1, -0.05) is 38.5 Å². The van der Waals surface area contributed by atoms with Crippen LogP contribution in [-0.2, 0) is 12.8 Å². The van der Waals surface area contributed by atoms with Gasteiger partial charge in [-0.15, -0.1) is 0 Å². The van der Waals surface area contributed by atoms with Crippen LogP contribution >= 0.6 is 0 Å². The standard InChI is InChI=1S/C22H21FN2O2/c1-3-5-18-13-25-20(14-24-18)16-7-9-17(10-8-16)22(26)27-21-11-6-15(4-2)12-19(21)23/h6-14H,3-5H2,1-2H3. The van der Waals surface area contributed by atoms with Crippen molar-refractivity contribution >= 4 is 5.97 Å². The molecule has 0 aliphatic heterocycles. The summed E-state index contributed by atoms with van der Waals surface area (Å²) >= 11 is 0. The lowest BCUT2D eigenvalue weighted by molar-refractivity contribution is 0.0728. The van der Waals surface area contributed by atoms with E-state index in [1.165, 1.54) is 12.1 Å². The largest absolute Gasteiger partial charge is 0.420 e. The minimum atomic E-state index is -0.603. The molecular weight excluding hydrogens is 343 g/mol. The molecule has 5 heteroatoms. The van der Waals surface area contributed by atoms with E-state index < -0.39 is 11.8 Å². The zero-order valence-corrected chi connectivity index (χ0v) is 15.4. The average Bonchev–Trinajstić information content (AvgIpc) is 2.70. The monoisotopic (exact) mass is 364 g/mol. The van der Waals surface area contributed by atoms with Crippen LogP contribution in [0.25, 0.3) is 11.3 Å². The first-order valence-corrected chi connectivity index (χ1v) is 9.02. The molecule has 0 bridgehead atoms. The molecule has 3 rings (SSSR count). The zero-order chi connectivity index (χ0) is 19.2. The first kappa shape index (κ1) is 18.7. The van der Waals surface area contributed by atoms with Crippen LogP contribution in [0.2, 0.25) is 0 Å². The highest BCUT2D eigenvalue weighted by atomic mass is 19.1. The lowest BCUT2D eigenvalue weighted by atomic mass is 10.1. The summed E-state index contributed by atoms with van der Waals surface area (Å²) in [6, 6.07) is 11.4. The Morgan fingerprint density at radius 3 is 2.41 bits per heavy atom. The van der Waals surface area contributed by atoms with E-state index in [1.807, 2.05) is 6.92 Å². The third kappa shape index (κ3) is 4.56. The molecule has 0 saturated heterocycles. The minimum Gasteiger partial charge on any atom is -0.420 e.